The lowest BCUT2D eigenvalue weighted by atomic mass is 10.1. The van der Waals surface area contributed by atoms with Gasteiger partial charge < -0.3 is 15.0 Å². The Labute approximate surface area is 116 Å². The molecular formula is C14H17FN2O3. The molecule has 0 aliphatic carbocycles. The Morgan fingerprint density at radius 1 is 1.45 bits per heavy atom. The highest BCUT2D eigenvalue weighted by molar-refractivity contribution is 5.87. The molecular weight excluding hydrogens is 263 g/mol. The summed E-state index contributed by atoms with van der Waals surface area (Å²) in [7, 11) is 1.46. The van der Waals surface area contributed by atoms with Crippen LogP contribution in [-0.2, 0) is 16.1 Å². The van der Waals surface area contributed by atoms with Crippen molar-refractivity contribution < 1.29 is 18.7 Å². The van der Waals surface area contributed by atoms with Gasteiger partial charge in [-0.1, -0.05) is 6.07 Å². The molecule has 1 aromatic rings. The minimum atomic E-state index is -0.423. The average molecular weight is 280 g/mol. The molecule has 1 heterocycles. The Kier molecular flexibility index (Phi) is 4.22. The van der Waals surface area contributed by atoms with E-state index < -0.39 is 5.82 Å². The van der Waals surface area contributed by atoms with E-state index in [0.29, 0.717) is 11.3 Å². The fraction of sp³-hybridized carbons (Fsp3) is 0.429. The molecule has 1 saturated heterocycles. The molecule has 0 aromatic heterocycles. The second-order valence-corrected chi connectivity index (χ2v) is 4.81. The first kappa shape index (κ1) is 14.3. The molecule has 0 saturated carbocycles. The molecule has 1 fully saturated rings. The van der Waals surface area contributed by atoms with E-state index in [0.717, 1.165) is 0 Å². The van der Waals surface area contributed by atoms with Gasteiger partial charge in [0.15, 0.2) is 0 Å². The Morgan fingerprint density at radius 3 is 2.85 bits per heavy atom. The van der Waals surface area contributed by atoms with Gasteiger partial charge in [0, 0.05) is 30.6 Å². The summed E-state index contributed by atoms with van der Waals surface area (Å²) in [5, 5.41) is 2.53. The van der Waals surface area contributed by atoms with Crippen LogP contribution >= 0.6 is 0 Å². The van der Waals surface area contributed by atoms with Crippen LogP contribution in [0.5, 0.6) is 5.75 Å². The summed E-state index contributed by atoms with van der Waals surface area (Å²) in [5.41, 5.74) is 0.403. The molecule has 1 aliphatic heterocycles. The zero-order valence-electron chi connectivity index (χ0n) is 11.5. The van der Waals surface area contributed by atoms with E-state index >= 15 is 0 Å². The first-order valence-electron chi connectivity index (χ1n) is 6.40. The number of hydrogen-bond acceptors (Lipinski definition) is 3. The second-order valence-electron chi connectivity index (χ2n) is 4.81. The van der Waals surface area contributed by atoms with E-state index in [2.05, 4.69) is 5.32 Å². The number of amides is 2. The van der Waals surface area contributed by atoms with Crippen LogP contribution < -0.4 is 10.1 Å². The van der Waals surface area contributed by atoms with Crippen molar-refractivity contribution in [1.82, 2.24) is 10.2 Å². The second kappa shape index (κ2) is 5.90. The zero-order valence-corrected chi connectivity index (χ0v) is 11.5. The predicted molar refractivity (Wildman–Crippen MR) is 70.6 cm³/mol. The molecule has 0 bridgehead atoms. The maximum absolute atomic E-state index is 13.9. The molecule has 20 heavy (non-hydrogen) atoms. The monoisotopic (exact) mass is 280 g/mol. The van der Waals surface area contributed by atoms with E-state index in [1.165, 1.54) is 18.1 Å². The number of hydrogen-bond donors (Lipinski definition) is 1. The largest absolute Gasteiger partial charge is 0.497 e. The smallest absolute Gasteiger partial charge is 0.242 e. The van der Waals surface area contributed by atoms with E-state index in [1.54, 1.807) is 19.1 Å². The maximum Gasteiger partial charge on any atom is 0.242 e. The van der Waals surface area contributed by atoms with E-state index in [-0.39, 0.29) is 37.4 Å². The highest BCUT2D eigenvalue weighted by atomic mass is 19.1. The van der Waals surface area contributed by atoms with Crippen LogP contribution in [0.2, 0.25) is 0 Å². The number of benzene rings is 1. The lowest BCUT2D eigenvalue weighted by molar-refractivity contribution is -0.132. The Bertz CT molecular complexity index is 533. The molecule has 1 aliphatic rings. The van der Waals surface area contributed by atoms with Gasteiger partial charge in [-0.15, -0.1) is 0 Å². The SMILES string of the molecule is COc1ccc(CN2C(=O)CNC(=O)CC2C)c(F)c1. The van der Waals surface area contributed by atoms with Crippen molar-refractivity contribution in [3.63, 3.8) is 0 Å². The highest BCUT2D eigenvalue weighted by Crippen LogP contribution is 2.20. The van der Waals surface area contributed by atoms with Crippen LogP contribution in [0.3, 0.4) is 0 Å². The van der Waals surface area contributed by atoms with Crippen molar-refractivity contribution in [2.24, 2.45) is 0 Å². The van der Waals surface area contributed by atoms with Crippen LogP contribution in [0.1, 0.15) is 18.9 Å². The summed E-state index contributed by atoms with van der Waals surface area (Å²) in [6.07, 6.45) is 0.226. The summed E-state index contributed by atoms with van der Waals surface area (Å²) in [5.74, 6) is -0.367. The third kappa shape index (κ3) is 3.07. The van der Waals surface area contributed by atoms with Gasteiger partial charge in [-0.05, 0) is 13.0 Å². The van der Waals surface area contributed by atoms with Crippen LogP contribution in [0.25, 0.3) is 0 Å². The van der Waals surface area contributed by atoms with Crippen molar-refractivity contribution in [3.05, 3.63) is 29.6 Å². The van der Waals surface area contributed by atoms with Gasteiger partial charge in [-0.3, -0.25) is 9.59 Å². The van der Waals surface area contributed by atoms with Gasteiger partial charge in [0.25, 0.3) is 0 Å². The molecule has 5 nitrogen and oxygen atoms in total. The number of halogens is 1. The molecule has 108 valence electrons. The standard InChI is InChI=1S/C14H17FN2O3/c1-9-5-13(18)16-7-14(19)17(9)8-10-3-4-11(20-2)6-12(10)15/h3-4,6,9H,5,7-8H2,1-2H3,(H,16,18). The van der Waals surface area contributed by atoms with Gasteiger partial charge in [-0.2, -0.15) is 0 Å². The van der Waals surface area contributed by atoms with Gasteiger partial charge in [0.05, 0.1) is 13.7 Å². The molecule has 1 atom stereocenters. The number of ether oxygens (including phenoxy) is 1. The minimum absolute atomic E-state index is 0.0407. The summed E-state index contributed by atoms with van der Waals surface area (Å²) in [6.45, 7) is 1.88. The first-order chi connectivity index (χ1) is 9.51. The van der Waals surface area contributed by atoms with Gasteiger partial charge in [0.1, 0.15) is 11.6 Å². The fourth-order valence-electron chi connectivity index (χ4n) is 2.18. The van der Waals surface area contributed by atoms with Crippen LogP contribution in [-0.4, -0.2) is 36.4 Å². The van der Waals surface area contributed by atoms with Gasteiger partial charge in [0.2, 0.25) is 11.8 Å². The molecule has 0 spiro atoms. The van der Waals surface area contributed by atoms with E-state index in [4.69, 9.17) is 4.74 Å². The van der Waals surface area contributed by atoms with Crippen molar-refractivity contribution in [2.45, 2.75) is 25.9 Å². The quantitative estimate of drug-likeness (QED) is 0.901. The number of methoxy groups -OCH3 is 1. The van der Waals surface area contributed by atoms with Crippen LogP contribution in [0.4, 0.5) is 4.39 Å². The van der Waals surface area contributed by atoms with E-state index in [9.17, 15) is 14.0 Å². The van der Waals surface area contributed by atoms with Crippen molar-refractivity contribution in [2.75, 3.05) is 13.7 Å². The maximum atomic E-state index is 13.9. The number of carbonyl (C=O) groups is 2. The lowest BCUT2D eigenvalue weighted by Crippen LogP contribution is -2.39. The number of carbonyl (C=O) groups excluding carboxylic acids is 2. The van der Waals surface area contributed by atoms with Crippen molar-refractivity contribution in [1.29, 1.82) is 0 Å². The highest BCUT2D eigenvalue weighted by Gasteiger charge is 2.27. The minimum Gasteiger partial charge on any atom is -0.497 e. The molecule has 2 rings (SSSR count). The summed E-state index contributed by atoms with van der Waals surface area (Å²) < 4.78 is 18.9. The van der Waals surface area contributed by atoms with Gasteiger partial charge in [-0.25, -0.2) is 4.39 Å². The topological polar surface area (TPSA) is 58.6 Å². The third-order valence-corrected chi connectivity index (χ3v) is 3.37. The summed E-state index contributed by atoms with van der Waals surface area (Å²) in [6, 6.07) is 4.26. The van der Waals surface area contributed by atoms with Crippen LogP contribution in [0.15, 0.2) is 18.2 Å². The predicted octanol–water partition coefficient (Wildman–Crippen LogP) is 1.07. The normalized spacial score (nSPS) is 19.6. The summed E-state index contributed by atoms with van der Waals surface area (Å²) in [4.78, 5) is 24.9. The zero-order chi connectivity index (χ0) is 14.7. The molecule has 1 N–H and O–H groups in total. The van der Waals surface area contributed by atoms with Gasteiger partial charge >= 0.3 is 0 Å². The number of nitrogens with zero attached hydrogens (tertiary/aromatic N) is 1. The van der Waals surface area contributed by atoms with Crippen molar-refractivity contribution >= 4 is 11.8 Å². The molecule has 6 heteroatoms. The Hall–Kier alpha value is -2.11. The third-order valence-electron chi connectivity index (χ3n) is 3.37. The summed E-state index contributed by atoms with van der Waals surface area (Å²) >= 11 is 0. The Morgan fingerprint density at radius 2 is 2.20 bits per heavy atom. The number of rotatable bonds is 3. The fourth-order valence-corrected chi connectivity index (χ4v) is 2.18. The number of nitrogens with one attached hydrogen (secondary N) is 1. The molecule has 0 radical (unpaired) electrons. The van der Waals surface area contributed by atoms with Crippen molar-refractivity contribution in [3.8, 4) is 5.75 Å². The molecule has 2 amide bonds. The van der Waals surface area contributed by atoms with Crippen LogP contribution in [0, 0.1) is 5.82 Å². The Balaban J connectivity index is 2.19. The van der Waals surface area contributed by atoms with E-state index in [1.807, 2.05) is 0 Å². The lowest BCUT2D eigenvalue weighted by Gasteiger charge is -2.26. The average Bonchev–Trinajstić information content (AvgIpc) is 2.53. The molecule has 1 aromatic carbocycles. The first-order valence-corrected chi connectivity index (χ1v) is 6.40. The molecule has 1 unspecified atom stereocenters.